The van der Waals surface area contributed by atoms with Crippen LogP contribution in [0.4, 0.5) is 0 Å². The Morgan fingerprint density at radius 3 is 2.00 bits per heavy atom. The Hall–Kier alpha value is -3.01. The number of methoxy groups -OCH3 is 1. The summed E-state index contributed by atoms with van der Waals surface area (Å²) in [6.07, 6.45) is 0. The van der Waals surface area contributed by atoms with Crippen molar-refractivity contribution in [3.05, 3.63) is 72.1 Å². The number of aromatic nitrogens is 2. The summed E-state index contributed by atoms with van der Waals surface area (Å²) in [5.41, 5.74) is 4.20. The van der Waals surface area contributed by atoms with Crippen molar-refractivity contribution >= 4 is 5.97 Å². The van der Waals surface area contributed by atoms with Gasteiger partial charge in [-0.05, 0) is 25.1 Å². The second kappa shape index (κ2) is 6.40. The van der Waals surface area contributed by atoms with Gasteiger partial charge in [-0.25, -0.2) is 14.8 Å². The van der Waals surface area contributed by atoms with Gasteiger partial charge in [0.2, 0.25) is 0 Å². The molecule has 0 N–H and O–H groups in total. The fourth-order valence-corrected chi connectivity index (χ4v) is 2.37. The van der Waals surface area contributed by atoms with Crippen LogP contribution in [0.2, 0.25) is 0 Å². The minimum Gasteiger partial charge on any atom is -0.465 e. The highest BCUT2D eigenvalue weighted by atomic mass is 16.5. The zero-order chi connectivity index (χ0) is 16.2. The van der Waals surface area contributed by atoms with Crippen LogP contribution >= 0.6 is 0 Å². The van der Waals surface area contributed by atoms with Gasteiger partial charge in [-0.15, -0.1) is 0 Å². The number of carbonyl (C=O) groups excluding carboxylic acids is 1. The van der Waals surface area contributed by atoms with E-state index >= 15 is 0 Å². The van der Waals surface area contributed by atoms with Crippen molar-refractivity contribution in [2.45, 2.75) is 6.92 Å². The van der Waals surface area contributed by atoms with Crippen LogP contribution in [-0.2, 0) is 4.74 Å². The van der Waals surface area contributed by atoms with Crippen LogP contribution < -0.4 is 0 Å². The van der Waals surface area contributed by atoms with Gasteiger partial charge in [0.1, 0.15) is 5.82 Å². The fraction of sp³-hybridized carbons (Fsp3) is 0.105. The highest BCUT2D eigenvalue weighted by molar-refractivity contribution is 5.89. The average molecular weight is 304 g/mol. The molecule has 0 saturated carbocycles. The summed E-state index contributed by atoms with van der Waals surface area (Å²) in [6.45, 7) is 1.87. The lowest BCUT2D eigenvalue weighted by Crippen LogP contribution is -2.00. The number of rotatable bonds is 3. The molecule has 0 aliphatic rings. The summed E-state index contributed by atoms with van der Waals surface area (Å²) in [6, 6.07) is 19.1. The lowest BCUT2D eigenvalue weighted by molar-refractivity contribution is 0.0601. The molecule has 1 heterocycles. The summed E-state index contributed by atoms with van der Waals surface area (Å²) in [5, 5.41) is 0. The van der Waals surface area contributed by atoms with Gasteiger partial charge in [0.25, 0.3) is 0 Å². The minimum absolute atomic E-state index is 0.347. The van der Waals surface area contributed by atoms with Crippen LogP contribution in [0, 0.1) is 6.92 Å². The number of benzene rings is 2. The Balaban J connectivity index is 2.00. The van der Waals surface area contributed by atoms with Gasteiger partial charge in [-0.1, -0.05) is 42.5 Å². The Kier molecular flexibility index (Phi) is 4.15. The summed E-state index contributed by atoms with van der Waals surface area (Å²) in [5.74, 6) is 0.360. The molecule has 0 amide bonds. The highest BCUT2D eigenvalue weighted by Crippen LogP contribution is 2.24. The molecule has 0 fully saturated rings. The third kappa shape index (κ3) is 3.26. The molecule has 3 aromatic rings. The number of hydrogen-bond donors (Lipinski definition) is 0. The molecule has 4 heteroatoms. The Morgan fingerprint density at radius 1 is 0.870 bits per heavy atom. The Bertz CT molecular complexity index is 828. The van der Waals surface area contributed by atoms with E-state index in [0.717, 1.165) is 22.5 Å². The molecule has 0 aliphatic heterocycles. The Labute approximate surface area is 134 Å². The lowest BCUT2D eigenvalue weighted by atomic mass is 10.1. The third-order valence-corrected chi connectivity index (χ3v) is 3.51. The van der Waals surface area contributed by atoms with Crippen LogP contribution in [0.3, 0.4) is 0 Å². The van der Waals surface area contributed by atoms with E-state index in [1.807, 2.05) is 55.5 Å². The molecule has 0 aliphatic carbocycles. The second-order valence-corrected chi connectivity index (χ2v) is 5.12. The molecule has 23 heavy (non-hydrogen) atoms. The summed E-state index contributed by atoms with van der Waals surface area (Å²) in [4.78, 5) is 20.5. The van der Waals surface area contributed by atoms with Gasteiger partial charge in [-0.2, -0.15) is 0 Å². The molecule has 0 atom stereocenters. The van der Waals surface area contributed by atoms with Crippen molar-refractivity contribution < 1.29 is 9.53 Å². The molecule has 0 spiro atoms. The van der Waals surface area contributed by atoms with E-state index < -0.39 is 0 Å². The first-order valence-electron chi connectivity index (χ1n) is 7.27. The van der Waals surface area contributed by atoms with Crippen LogP contribution in [0.1, 0.15) is 16.2 Å². The summed E-state index contributed by atoms with van der Waals surface area (Å²) < 4.78 is 4.71. The van der Waals surface area contributed by atoms with Gasteiger partial charge in [-0.3, -0.25) is 0 Å². The maximum absolute atomic E-state index is 11.5. The van der Waals surface area contributed by atoms with Crippen molar-refractivity contribution in [3.8, 4) is 22.5 Å². The fourth-order valence-electron chi connectivity index (χ4n) is 2.37. The number of nitrogens with zero attached hydrogens (tertiary/aromatic N) is 2. The molecule has 4 nitrogen and oxygen atoms in total. The van der Waals surface area contributed by atoms with Crippen molar-refractivity contribution in [1.29, 1.82) is 0 Å². The van der Waals surface area contributed by atoms with E-state index in [4.69, 9.17) is 4.74 Å². The van der Waals surface area contributed by atoms with E-state index in [1.54, 1.807) is 12.1 Å². The van der Waals surface area contributed by atoms with Crippen LogP contribution in [0.5, 0.6) is 0 Å². The van der Waals surface area contributed by atoms with Crippen molar-refractivity contribution in [2.75, 3.05) is 7.11 Å². The average Bonchev–Trinajstić information content (AvgIpc) is 2.61. The monoisotopic (exact) mass is 304 g/mol. The third-order valence-electron chi connectivity index (χ3n) is 3.51. The summed E-state index contributed by atoms with van der Waals surface area (Å²) in [7, 11) is 1.37. The Morgan fingerprint density at radius 2 is 1.43 bits per heavy atom. The predicted molar refractivity (Wildman–Crippen MR) is 89.0 cm³/mol. The molecule has 3 rings (SSSR count). The first-order chi connectivity index (χ1) is 11.2. The maximum Gasteiger partial charge on any atom is 0.337 e. The quantitative estimate of drug-likeness (QED) is 0.688. The first-order valence-corrected chi connectivity index (χ1v) is 7.27. The highest BCUT2D eigenvalue weighted by Gasteiger charge is 2.08. The van der Waals surface area contributed by atoms with Crippen LogP contribution in [0.15, 0.2) is 60.7 Å². The molecule has 0 unspecified atom stereocenters. The normalized spacial score (nSPS) is 10.3. The van der Waals surface area contributed by atoms with Crippen molar-refractivity contribution in [2.24, 2.45) is 0 Å². The minimum atomic E-state index is -0.347. The van der Waals surface area contributed by atoms with Gasteiger partial charge in [0.05, 0.1) is 24.1 Å². The van der Waals surface area contributed by atoms with Gasteiger partial charge >= 0.3 is 5.97 Å². The summed E-state index contributed by atoms with van der Waals surface area (Å²) >= 11 is 0. The van der Waals surface area contributed by atoms with Crippen molar-refractivity contribution in [1.82, 2.24) is 9.97 Å². The molecular weight excluding hydrogens is 288 g/mol. The number of aryl methyl sites for hydroxylation is 1. The molecule has 114 valence electrons. The van der Waals surface area contributed by atoms with Crippen molar-refractivity contribution in [3.63, 3.8) is 0 Å². The number of esters is 1. The van der Waals surface area contributed by atoms with Gasteiger partial charge in [0.15, 0.2) is 0 Å². The van der Waals surface area contributed by atoms with Gasteiger partial charge < -0.3 is 4.74 Å². The van der Waals surface area contributed by atoms with Crippen LogP contribution in [-0.4, -0.2) is 23.0 Å². The topological polar surface area (TPSA) is 52.1 Å². The van der Waals surface area contributed by atoms with E-state index in [1.165, 1.54) is 7.11 Å². The largest absolute Gasteiger partial charge is 0.465 e. The predicted octanol–water partition coefficient (Wildman–Crippen LogP) is 3.91. The maximum atomic E-state index is 11.5. The van der Waals surface area contributed by atoms with E-state index in [0.29, 0.717) is 11.4 Å². The molecule has 1 aromatic heterocycles. The molecule has 0 saturated heterocycles. The second-order valence-electron chi connectivity index (χ2n) is 5.12. The van der Waals surface area contributed by atoms with E-state index in [9.17, 15) is 4.79 Å². The molecular formula is C19H16N2O2. The van der Waals surface area contributed by atoms with Gasteiger partial charge in [0, 0.05) is 11.1 Å². The SMILES string of the molecule is COC(=O)c1ccc(-c2cc(-c3ccccc3)nc(C)n2)cc1. The smallest absolute Gasteiger partial charge is 0.337 e. The lowest BCUT2D eigenvalue weighted by Gasteiger charge is -2.07. The number of carbonyl (C=O) groups is 1. The zero-order valence-electron chi connectivity index (χ0n) is 13.0. The van der Waals surface area contributed by atoms with E-state index in [2.05, 4.69) is 9.97 Å². The zero-order valence-corrected chi connectivity index (χ0v) is 13.0. The standard InChI is InChI=1S/C19H16N2O2/c1-13-20-17(14-6-4-3-5-7-14)12-18(21-13)15-8-10-16(11-9-15)19(22)23-2/h3-12H,1-2H3. The van der Waals surface area contributed by atoms with Crippen LogP contribution in [0.25, 0.3) is 22.5 Å². The first kappa shape index (κ1) is 14.9. The molecule has 0 radical (unpaired) electrons. The number of hydrogen-bond acceptors (Lipinski definition) is 4. The number of ether oxygens (including phenoxy) is 1. The molecule has 2 aromatic carbocycles. The van der Waals surface area contributed by atoms with E-state index in [-0.39, 0.29) is 5.97 Å². The molecule has 0 bridgehead atoms.